The molecular formula is C96H96. The maximum atomic E-state index is 2.64. The number of hydrogen-bond donors (Lipinski definition) is 0. The Balaban J connectivity index is 1.03. The molecule has 0 unspecified atom stereocenters. The molecule has 0 saturated carbocycles. The molecule has 0 nitrogen and oxygen atoms in total. The minimum atomic E-state index is -0.186. The average molecular weight is 1250 g/mol. The van der Waals surface area contributed by atoms with Crippen molar-refractivity contribution in [2.75, 3.05) is 0 Å². The van der Waals surface area contributed by atoms with Crippen LogP contribution in [-0.2, 0) is 43.3 Å². The van der Waals surface area contributed by atoms with Gasteiger partial charge in [0.25, 0.3) is 0 Å². The van der Waals surface area contributed by atoms with E-state index in [-0.39, 0.29) is 43.3 Å². The lowest BCUT2D eigenvalue weighted by molar-refractivity contribution is 0.579. The van der Waals surface area contributed by atoms with Crippen molar-refractivity contribution in [2.24, 2.45) is 0 Å². The summed E-state index contributed by atoms with van der Waals surface area (Å²) < 4.78 is 0. The molecule has 0 bridgehead atoms. The third kappa shape index (κ3) is 9.05. The van der Waals surface area contributed by atoms with Gasteiger partial charge in [-0.05, 0) is 255 Å². The largest absolute Gasteiger partial charge is 0.0610 e. The topological polar surface area (TPSA) is 0 Å². The van der Waals surface area contributed by atoms with E-state index in [9.17, 15) is 0 Å². The van der Waals surface area contributed by atoms with Crippen LogP contribution in [0.1, 0.15) is 208 Å². The van der Waals surface area contributed by atoms with Gasteiger partial charge in [0.15, 0.2) is 0 Å². The zero-order valence-electron chi connectivity index (χ0n) is 61.3. The van der Waals surface area contributed by atoms with E-state index in [1.807, 2.05) is 0 Å². The van der Waals surface area contributed by atoms with E-state index in [4.69, 9.17) is 0 Å². The molecular weight excluding hydrogens is 1150 g/mol. The van der Waals surface area contributed by atoms with E-state index >= 15 is 0 Å². The van der Waals surface area contributed by atoms with Crippen molar-refractivity contribution in [3.63, 3.8) is 0 Å². The Morgan fingerprint density at radius 3 is 1.08 bits per heavy atom. The highest BCUT2D eigenvalue weighted by Gasteiger charge is 2.42. The van der Waals surface area contributed by atoms with Crippen molar-refractivity contribution in [3.8, 4) is 66.8 Å². The number of rotatable bonds is 4. The van der Waals surface area contributed by atoms with Crippen LogP contribution in [0.2, 0.25) is 0 Å². The monoisotopic (exact) mass is 1250 g/mol. The fourth-order valence-electron chi connectivity index (χ4n) is 17.5. The lowest BCUT2D eigenvalue weighted by Crippen LogP contribution is -2.19. The molecule has 0 amide bonds. The lowest BCUT2D eigenvalue weighted by atomic mass is 9.76. The number of fused-ring (bicyclic) bond motifs is 14. The molecule has 16 rings (SSSR count). The highest BCUT2D eigenvalue weighted by molar-refractivity contribution is 6.45. The molecule has 0 heteroatoms. The zero-order chi connectivity index (χ0) is 68.0. The van der Waals surface area contributed by atoms with E-state index < -0.39 is 0 Å². The van der Waals surface area contributed by atoms with Crippen molar-refractivity contribution in [3.05, 3.63) is 238 Å². The molecule has 0 aromatic heterocycles. The van der Waals surface area contributed by atoms with Gasteiger partial charge in [-0.3, -0.25) is 0 Å². The van der Waals surface area contributed by atoms with Gasteiger partial charge in [0.05, 0.1) is 0 Å². The molecule has 0 atom stereocenters. The SMILES string of the molecule is CC(C)(C)c1ccc(-c2c3cc4c5ccc(-c6cc(C(C)(C)C)cc7c6-c6ccc(C(C)(C)C)cc6C7(C)C)cc5c5cccc(c3c(-c3ccc(C(C)(C)C)cc3)c3c6cccc7c(-c8cc(C(C)(C)C)cc9c8-c8ccc(C(C)(C)C)cc8C9(C)C)ccc(c23)c76)c54)cc1. The van der Waals surface area contributed by atoms with Crippen molar-refractivity contribution in [2.45, 2.75) is 196 Å². The Labute approximate surface area is 571 Å². The Morgan fingerprint density at radius 2 is 0.573 bits per heavy atom. The molecule has 0 aliphatic heterocycles. The quantitative estimate of drug-likeness (QED) is 0.154. The van der Waals surface area contributed by atoms with Gasteiger partial charge >= 0.3 is 0 Å². The summed E-state index contributed by atoms with van der Waals surface area (Å²) in [6.07, 6.45) is 0. The van der Waals surface area contributed by atoms with Crippen molar-refractivity contribution in [1.82, 2.24) is 0 Å². The van der Waals surface area contributed by atoms with Gasteiger partial charge in [-0.2, -0.15) is 0 Å². The maximum Gasteiger partial charge on any atom is 0.0159 e. The second kappa shape index (κ2) is 20.0. The fourth-order valence-corrected chi connectivity index (χ4v) is 17.5. The summed E-state index contributed by atoms with van der Waals surface area (Å²) in [5, 5.41) is 18.4. The first-order chi connectivity index (χ1) is 44.9. The molecule has 0 N–H and O–H groups in total. The molecule has 0 radical (unpaired) electrons. The molecule has 0 saturated heterocycles. The fraction of sp³-hybridized carbons (Fsp3) is 0.312. The normalized spacial score (nSPS) is 14.9. The molecule has 96 heavy (non-hydrogen) atoms. The van der Waals surface area contributed by atoms with Crippen LogP contribution < -0.4 is 0 Å². The molecule has 0 fully saturated rings. The van der Waals surface area contributed by atoms with Crippen LogP contribution in [0.25, 0.3) is 142 Å². The summed E-state index contributed by atoms with van der Waals surface area (Å²) in [5.74, 6) is 0. The zero-order valence-corrected chi connectivity index (χ0v) is 61.3. The van der Waals surface area contributed by atoms with Crippen LogP contribution in [0, 0.1) is 0 Å². The predicted octanol–water partition coefficient (Wildman–Crippen LogP) is 27.7. The summed E-state index contributed by atoms with van der Waals surface area (Å²) in [6, 6.07) is 74.0. The Morgan fingerprint density at radius 1 is 0.198 bits per heavy atom. The first-order valence-corrected chi connectivity index (χ1v) is 35.6. The second-order valence-corrected chi connectivity index (χ2v) is 36.5. The summed E-state index contributed by atoms with van der Waals surface area (Å²) in [7, 11) is 0. The van der Waals surface area contributed by atoms with E-state index in [1.54, 1.807) is 0 Å². The Hall–Kier alpha value is -8.58. The van der Waals surface area contributed by atoms with E-state index in [2.05, 4.69) is 334 Å². The average Bonchev–Trinajstić information content (AvgIpc) is 1.48. The molecule has 480 valence electrons. The third-order valence-corrected chi connectivity index (χ3v) is 23.3. The van der Waals surface area contributed by atoms with E-state index in [1.165, 1.54) is 198 Å². The highest BCUT2D eigenvalue weighted by atomic mass is 14.5. The van der Waals surface area contributed by atoms with Gasteiger partial charge in [-0.25, -0.2) is 0 Å². The van der Waals surface area contributed by atoms with Crippen molar-refractivity contribution >= 4 is 75.4 Å². The minimum absolute atomic E-state index is 0.0104. The maximum absolute atomic E-state index is 2.64. The summed E-state index contributed by atoms with van der Waals surface area (Å²) in [4.78, 5) is 0. The molecule has 2 aliphatic carbocycles. The minimum Gasteiger partial charge on any atom is -0.0610 e. The summed E-state index contributed by atoms with van der Waals surface area (Å²) in [5.41, 5.74) is 29.3. The smallest absolute Gasteiger partial charge is 0.0159 e. The van der Waals surface area contributed by atoms with Gasteiger partial charge in [0, 0.05) is 10.8 Å². The second-order valence-electron chi connectivity index (χ2n) is 36.5. The van der Waals surface area contributed by atoms with Gasteiger partial charge < -0.3 is 0 Å². The highest BCUT2D eigenvalue weighted by Crippen LogP contribution is 2.60. The summed E-state index contributed by atoms with van der Waals surface area (Å²) in [6.45, 7) is 52.2. The standard InChI is InChI=1S/C96H96/c1-89(2,3)56-34-29-53(30-35-56)80-75-52-74-63-40-33-55(71-46-60(93(13,14)15)50-78-84(71)66-41-38-58(91(7,8)9)48-76(66)95(78,19)20)45-72(63)65-26-24-27-68(83(65)74)86(75)81(54-31-36-57(37-32-54)90(4,5)6)88-69-28-23-25-64-62(43-44-70(82(64)69)87(80)88)73-47-61(94(16,17)18)51-79-85(73)67-42-39-59(92(10,11)12)49-77(67)96(79,21)22/h23-52H,1-22H3. The van der Waals surface area contributed by atoms with Gasteiger partial charge in [-0.15, -0.1) is 0 Å². The Kier molecular flexibility index (Phi) is 13.0. The van der Waals surface area contributed by atoms with Crippen molar-refractivity contribution in [1.29, 1.82) is 0 Å². The number of benzene rings is 12. The predicted molar refractivity (Wildman–Crippen MR) is 420 cm³/mol. The number of hydrogen-bond acceptors (Lipinski definition) is 0. The van der Waals surface area contributed by atoms with Crippen LogP contribution >= 0.6 is 0 Å². The van der Waals surface area contributed by atoms with Gasteiger partial charge in [0.2, 0.25) is 0 Å². The van der Waals surface area contributed by atoms with Crippen LogP contribution in [0.3, 0.4) is 0 Å². The molecule has 14 aromatic carbocycles. The molecule has 0 heterocycles. The van der Waals surface area contributed by atoms with E-state index in [0.717, 1.165) is 0 Å². The van der Waals surface area contributed by atoms with Crippen molar-refractivity contribution < 1.29 is 0 Å². The van der Waals surface area contributed by atoms with Crippen LogP contribution in [-0.4, -0.2) is 0 Å². The van der Waals surface area contributed by atoms with Gasteiger partial charge in [-0.1, -0.05) is 310 Å². The molecule has 2 aliphatic rings. The van der Waals surface area contributed by atoms with Crippen LogP contribution in [0.5, 0.6) is 0 Å². The summed E-state index contributed by atoms with van der Waals surface area (Å²) >= 11 is 0. The first-order valence-electron chi connectivity index (χ1n) is 35.6. The molecule has 14 aromatic rings. The molecule has 0 spiro atoms. The van der Waals surface area contributed by atoms with Crippen LogP contribution in [0.4, 0.5) is 0 Å². The first kappa shape index (κ1) is 62.2. The van der Waals surface area contributed by atoms with E-state index in [0.29, 0.717) is 0 Å². The third-order valence-electron chi connectivity index (χ3n) is 23.3. The van der Waals surface area contributed by atoms with Crippen LogP contribution in [0.15, 0.2) is 182 Å². The van der Waals surface area contributed by atoms with Gasteiger partial charge in [0.1, 0.15) is 0 Å². The Bertz CT molecular complexity index is 5630. The lowest BCUT2D eigenvalue weighted by Gasteiger charge is -2.27.